The van der Waals surface area contributed by atoms with Crippen molar-refractivity contribution in [2.24, 2.45) is 0 Å². The Kier molecular flexibility index (Phi) is 4.77. The second-order valence-corrected chi connectivity index (χ2v) is 4.41. The average Bonchev–Trinajstić information content (AvgIpc) is 2.24. The van der Waals surface area contributed by atoms with Crippen LogP contribution in [0.1, 0.15) is 17.3 Å². The van der Waals surface area contributed by atoms with E-state index >= 15 is 0 Å². The summed E-state index contributed by atoms with van der Waals surface area (Å²) in [7, 11) is 0. The Bertz CT molecular complexity index is 440. The number of hydrogen-bond donors (Lipinski definition) is 0. The molecule has 0 bridgehead atoms. The molecule has 0 aliphatic rings. The van der Waals surface area contributed by atoms with Crippen molar-refractivity contribution < 1.29 is 27.5 Å². The van der Waals surface area contributed by atoms with E-state index in [1.165, 1.54) is 24.3 Å². The molecule has 18 heavy (non-hydrogen) atoms. The summed E-state index contributed by atoms with van der Waals surface area (Å²) in [4.78, 5) is 21.9. The lowest BCUT2D eigenvalue weighted by Crippen LogP contribution is -2.11. The van der Waals surface area contributed by atoms with Crippen molar-refractivity contribution in [3.8, 4) is 0 Å². The van der Waals surface area contributed by atoms with E-state index in [9.17, 15) is 22.8 Å². The molecule has 1 aromatic rings. The first-order valence-corrected chi connectivity index (χ1v) is 5.62. The second kappa shape index (κ2) is 5.90. The Hall–Kier alpha value is -1.50. The van der Waals surface area contributed by atoms with E-state index < -0.39 is 23.9 Å². The molecule has 0 aliphatic heterocycles. The highest BCUT2D eigenvalue weighted by atomic mass is 32.2. The van der Waals surface area contributed by atoms with Crippen molar-refractivity contribution in [1.29, 1.82) is 0 Å². The summed E-state index contributed by atoms with van der Waals surface area (Å²) < 4.78 is 40.6. The SMILES string of the molecule is CC(=O)OCC(=O)c1ccc(SC(F)(F)F)cc1. The minimum Gasteiger partial charge on any atom is -0.457 e. The van der Waals surface area contributed by atoms with Crippen LogP contribution in [0.3, 0.4) is 0 Å². The number of benzene rings is 1. The van der Waals surface area contributed by atoms with Gasteiger partial charge in [0, 0.05) is 17.4 Å². The minimum absolute atomic E-state index is 0.00784. The summed E-state index contributed by atoms with van der Waals surface area (Å²) in [6, 6.07) is 4.91. The second-order valence-electron chi connectivity index (χ2n) is 3.28. The molecule has 0 N–H and O–H groups in total. The maximum absolute atomic E-state index is 12.0. The molecule has 0 fully saturated rings. The smallest absolute Gasteiger partial charge is 0.446 e. The number of halogens is 3. The molecule has 98 valence electrons. The lowest BCUT2D eigenvalue weighted by Gasteiger charge is -2.06. The van der Waals surface area contributed by atoms with Gasteiger partial charge in [0.2, 0.25) is 0 Å². The third-order valence-electron chi connectivity index (χ3n) is 1.82. The fourth-order valence-corrected chi connectivity index (χ4v) is 1.63. The van der Waals surface area contributed by atoms with Crippen molar-refractivity contribution in [2.75, 3.05) is 6.61 Å². The van der Waals surface area contributed by atoms with Gasteiger partial charge in [-0.15, -0.1) is 0 Å². The molecule has 7 heteroatoms. The zero-order chi connectivity index (χ0) is 13.8. The number of alkyl halides is 3. The van der Waals surface area contributed by atoms with Crippen LogP contribution >= 0.6 is 11.8 Å². The highest BCUT2D eigenvalue weighted by Crippen LogP contribution is 2.36. The zero-order valence-electron chi connectivity index (χ0n) is 9.28. The summed E-state index contributed by atoms with van der Waals surface area (Å²) in [5.41, 5.74) is -4.16. The number of Topliss-reactive ketones (excluding diaryl/α,β-unsaturated/α-hetero) is 1. The van der Waals surface area contributed by atoms with E-state index in [1.807, 2.05) is 0 Å². The Morgan fingerprint density at radius 3 is 2.22 bits per heavy atom. The number of hydrogen-bond acceptors (Lipinski definition) is 4. The first kappa shape index (κ1) is 14.6. The molecular weight excluding hydrogens is 269 g/mol. The van der Waals surface area contributed by atoms with Crippen molar-refractivity contribution >= 4 is 23.5 Å². The van der Waals surface area contributed by atoms with Gasteiger partial charge in [-0.1, -0.05) is 12.1 Å². The normalized spacial score (nSPS) is 11.1. The van der Waals surface area contributed by atoms with Crippen LogP contribution in [0, 0.1) is 0 Å². The van der Waals surface area contributed by atoms with Crippen molar-refractivity contribution in [3.63, 3.8) is 0 Å². The topological polar surface area (TPSA) is 43.4 Å². The molecule has 0 saturated heterocycles. The molecule has 0 unspecified atom stereocenters. The Labute approximate surface area is 105 Å². The average molecular weight is 278 g/mol. The van der Waals surface area contributed by atoms with E-state index in [1.54, 1.807) is 0 Å². The van der Waals surface area contributed by atoms with Crippen LogP contribution in [0.25, 0.3) is 0 Å². The lowest BCUT2D eigenvalue weighted by atomic mass is 10.1. The number of rotatable bonds is 4. The first-order valence-electron chi connectivity index (χ1n) is 4.80. The summed E-state index contributed by atoms with van der Waals surface area (Å²) in [6.45, 7) is 0.747. The van der Waals surface area contributed by atoms with Crippen LogP contribution in [0.15, 0.2) is 29.2 Å². The molecular formula is C11H9F3O3S. The Morgan fingerprint density at radius 2 is 1.78 bits per heavy atom. The maximum Gasteiger partial charge on any atom is 0.446 e. The predicted octanol–water partition coefficient (Wildman–Crippen LogP) is 3.04. The van der Waals surface area contributed by atoms with Gasteiger partial charge in [0.05, 0.1) is 0 Å². The molecule has 1 aromatic carbocycles. The van der Waals surface area contributed by atoms with E-state index in [-0.39, 0.29) is 22.2 Å². The van der Waals surface area contributed by atoms with Crippen molar-refractivity contribution in [1.82, 2.24) is 0 Å². The largest absolute Gasteiger partial charge is 0.457 e. The number of thioether (sulfide) groups is 1. The molecule has 0 heterocycles. The van der Waals surface area contributed by atoms with Crippen molar-refractivity contribution in [3.05, 3.63) is 29.8 Å². The van der Waals surface area contributed by atoms with Gasteiger partial charge < -0.3 is 4.74 Å². The van der Waals surface area contributed by atoms with Gasteiger partial charge in [-0.05, 0) is 23.9 Å². The van der Waals surface area contributed by atoms with Gasteiger partial charge in [0.15, 0.2) is 12.4 Å². The van der Waals surface area contributed by atoms with Gasteiger partial charge in [0.1, 0.15) is 0 Å². The third kappa shape index (κ3) is 5.22. The Morgan fingerprint density at radius 1 is 1.22 bits per heavy atom. The number of carbonyl (C=O) groups excluding carboxylic acids is 2. The van der Waals surface area contributed by atoms with E-state index in [4.69, 9.17) is 0 Å². The van der Waals surface area contributed by atoms with Gasteiger partial charge >= 0.3 is 11.5 Å². The summed E-state index contributed by atoms with van der Waals surface area (Å²) in [5, 5.41) is 0. The van der Waals surface area contributed by atoms with Gasteiger partial charge in [0.25, 0.3) is 0 Å². The molecule has 3 nitrogen and oxygen atoms in total. The first-order chi connectivity index (χ1) is 8.28. The molecule has 1 rings (SSSR count). The molecule has 0 atom stereocenters. The molecule has 0 aliphatic carbocycles. The highest BCUT2D eigenvalue weighted by Gasteiger charge is 2.29. The van der Waals surface area contributed by atoms with E-state index in [0.29, 0.717) is 0 Å². The monoisotopic (exact) mass is 278 g/mol. The minimum atomic E-state index is -4.36. The number of esters is 1. The summed E-state index contributed by atoms with van der Waals surface area (Å²) >= 11 is -0.257. The lowest BCUT2D eigenvalue weighted by molar-refractivity contribution is -0.139. The van der Waals surface area contributed by atoms with E-state index in [0.717, 1.165) is 6.92 Å². The Balaban J connectivity index is 2.65. The number of ketones is 1. The standard InChI is InChI=1S/C11H9F3O3S/c1-7(15)17-6-10(16)8-2-4-9(5-3-8)18-11(12,13)14/h2-5H,6H2,1H3. The van der Waals surface area contributed by atoms with Crippen LogP contribution in [0.2, 0.25) is 0 Å². The molecule has 0 amide bonds. The highest BCUT2D eigenvalue weighted by molar-refractivity contribution is 8.00. The summed E-state index contributed by atoms with van der Waals surface area (Å²) in [5.74, 6) is -1.05. The van der Waals surface area contributed by atoms with Crippen LogP contribution in [-0.2, 0) is 9.53 Å². The van der Waals surface area contributed by atoms with E-state index in [2.05, 4.69) is 4.74 Å². The third-order valence-corrected chi connectivity index (χ3v) is 2.56. The molecule has 0 spiro atoms. The molecule has 0 radical (unpaired) electrons. The quantitative estimate of drug-likeness (QED) is 0.482. The number of carbonyl (C=O) groups is 2. The molecule has 0 aromatic heterocycles. The van der Waals surface area contributed by atoms with Crippen LogP contribution in [0.5, 0.6) is 0 Å². The van der Waals surface area contributed by atoms with Gasteiger partial charge in [-0.2, -0.15) is 13.2 Å². The summed E-state index contributed by atoms with van der Waals surface area (Å²) in [6.07, 6.45) is 0. The predicted molar refractivity (Wildman–Crippen MR) is 59.3 cm³/mol. The zero-order valence-corrected chi connectivity index (χ0v) is 10.1. The molecule has 0 saturated carbocycles. The fourth-order valence-electron chi connectivity index (χ4n) is 1.09. The van der Waals surface area contributed by atoms with Crippen LogP contribution in [0.4, 0.5) is 13.2 Å². The van der Waals surface area contributed by atoms with Crippen LogP contribution < -0.4 is 0 Å². The number of ether oxygens (including phenoxy) is 1. The van der Waals surface area contributed by atoms with Crippen LogP contribution in [-0.4, -0.2) is 23.9 Å². The van der Waals surface area contributed by atoms with Gasteiger partial charge in [-0.3, -0.25) is 9.59 Å². The van der Waals surface area contributed by atoms with Crippen molar-refractivity contribution in [2.45, 2.75) is 17.3 Å². The maximum atomic E-state index is 12.0. The fraction of sp³-hybridized carbons (Fsp3) is 0.273. The van der Waals surface area contributed by atoms with Gasteiger partial charge in [-0.25, -0.2) is 0 Å².